The van der Waals surface area contributed by atoms with Crippen molar-refractivity contribution < 1.29 is 9.18 Å². The molecule has 1 N–H and O–H groups in total. The highest BCUT2D eigenvalue weighted by Crippen LogP contribution is 2.33. The first kappa shape index (κ1) is 11.9. The van der Waals surface area contributed by atoms with Crippen LogP contribution in [0.3, 0.4) is 0 Å². The van der Waals surface area contributed by atoms with Crippen LogP contribution in [0.2, 0.25) is 5.02 Å². The van der Waals surface area contributed by atoms with Crippen molar-refractivity contribution in [1.82, 2.24) is 0 Å². The van der Waals surface area contributed by atoms with Crippen LogP contribution in [0.25, 0.3) is 11.6 Å². The summed E-state index contributed by atoms with van der Waals surface area (Å²) in [5, 5.41) is 3.25. The number of carbonyl (C=O) groups is 1. The molecule has 19 heavy (non-hydrogen) atoms. The van der Waals surface area contributed by atoms with E-state index in [1.807, 2.05) is 12.1 Å². The van der Waals surface area contributed by atoms with E-state index in [4.69, 9.17) is 11.6 Å². The van der Waals surface area contributed by atoms with Crippen LogP contribution in [0.1, 0.15) is 11.1 Å². The van der Waals surface area contributed by atoms with Gasteiger partial charge >= 0.3 is 0 Å². The van der Waals surface area contributed by atoms with E-state index in [0.717, 1.165) is 5.56 Å². The van der Waals surface area contributed by atoms with Gasteiger partial charge in [0, 0.05) is 16.2 Å². The van der Waals surface area contributed by atoms with Gasteiger partial charge in [-0.3, -0.25) is 4.79 Å². The molecule has 2 aromatic rings. The van der Waals surface area contributed by atoms with Gasteiger partial charge in [-0.1, -0.05) is 23.7 Å². The molecule has 1 aliphatic heterocycles. The van der Waals surface area contributed by atoms with Gasteiger partial charge in [0.1, 0.15) is 5.82 Å². The second kappa shape index (κ2) is 4.52. The quantitative estimate of drug-likeness (QED) is 0.783. The van der Waals surface area contributed by atoms with Crippen LogP contribution in [0.5, 0.6) is 0 Å². The lowest BCUT2D eigenvalue weighted by molar-refractivity contribution is -0.110. The Hall–Kier alpha value is -2.13. The summed E-state index contributed by atoms with van der Waals surface area (Å²) in [4.78, 5) is 11.9. The highest BCUT2D eigenvalue weighted by atomic mass is 35.5. The summed E-state index contributed by atoms with van der Waals surface area (Å²) in [6.07, 6.45) is 1.74. The maximum Gasteiger partial charge on any atom is 0.256 e. The Kier molecular flexibility index (Phi) is 2.84. The average Bonchev–Trinajstić information content (AvgIpc) is 2.65. The second-order valence-electron chi connectivity index (χ2n) is 4.26. The zero-order valence-electron chi connectivity index (χ0n) is 9.78. The molecule has 94 valence electrons. The fourth-order valence-electron chi connectivity index (χ4n) is 2.07. The van der Waals surface area contributed by atoms with Crippen LogP contribution in [0.4, 0.5) is 10.1 Å². The van der Waals surface area contributed by atoms with Gasteiger partial charge in [0.25, 0.3) is 5.91 Å². The van der Waals surface area contributed by atoms with E-state index < -0.39 is 0 Å². The lowest BCUT2D eigenvalue weighted by atomic mass is 10.0. The molecule has 0 atom stereocenters. The Balaban J connectivity index is 2.09. The minimum atomic E-state index is -0.372. The Bertz CT molecular complexity index is 709. The van der Waals surface area contributed by atoms with Gasteiger partial charge in [0.15, 0.2) is 0 Å². The molecular formula is C15H9ClFNO. The molecule has 0 fully saturated rings. The van der Waals surface area contributed by atoms with Gasteiger partial charge < -0.3 is 5.32 Å². The van der Waals surface area contributed by atoms with E-state index in [2.05, 4.69) is 5.32 Å². The standard InChI is InChI=1S/C15H9ClFNO/c16-10-3-1-2-9(6-10)7-13-12-5-4-11(17)8-14(12)18-15(13)19/h1-8H,(H,18,19)/b13-7+. The van der Waals surface area contributed by atoms with Crippen LogP contribution in [-0.4, -0.2) is 5.91 Å². The maximum absolute atomic E-state index is 13.1. The fourth-order valence-corrected chi connectivity index (χ4v) is 2.27. The van der Waals surface area contributed by atoms with E-state index in [-0.39, 0.29) is 11.7 Å². The summed E-state index contributed by atoms with van der Waals surface area (Å²) in [5.41, 5.74) is 2.54. The number of anilines is 1. The van der Waals surface area contributed by atoms with Gasteiger partial charge in [-0.05, 0) is 42.0 Å². The number of benzene rings is 2. The third-order valence-corrected chi connectivity index (χ3v) is 3.16. The molecule has 0 aliphatic carbocycles. The predicted molar refractivity (Wildman–Crippen MR) is 74.4 cm³/mol. The molecule has 0 spiro atoms. The number of amides is 1. The van der Waals surface area contributed by atoms with Gasteiger partial charge in [-0.2, -0.15) is 0 Å². The van der Waals surface area contributed by atoms with Crippen molar-refractivity contribution in [1.29, 1.82) is 0 Å². The number of fused-ring (bicyclic) bond motifs is 1. The van der Waals surface area contributed by atoms with E-state index >= 15 is 0 Å². The minimum absolute atomic E-state index is 0.236. The molecule has 4 heteroatoms. The highest BCUT2D eigenvalue weighted by Gasteiger charge is 2.24. The van der Waals surface area contributed by atoms with Crippen LogP contribution in [0.15, 0.2) is 42.5 Å². The molecule has 0 bridgehead atoms. The molecule has 0 saturated heterocycles. The lowest BCUT2D eigenvalue weighted by Gasteiger charge is -1.99. The van der Waals surface area contributed by atoms with Gasteiger partial charge in [0.2, 0.25) is 0 Å². The number of rotatable bonds is 1. The fraction of sp³-hybridized carbons (Fsp3) is 0. The van der Waals surface area contributed by atoms with Crippen molar-refractivity contribution in [3.63, 3.8) is 0 Å². The molecular weight excluding hydrogens is 265 g/mol. The topological polar surface area (TPSA) is 29.1 Å². The molecule has 0 saturated carbocycles. The van der Waals surface area contributed by atoms with Crippen molar-refractivity contribution in [3.05, 3.63) is 64.4 Å². The summed E-state index contributed by atoms with van der Waals surface area (Å²) in [6, 6.07) is 11.4. The SMILES string of the molecule is O=C1Nc2cc(F)ccc2/C1=C\c1cccc(Cl)c1. The predicted octanol–water partition coefficient (Wildman–Crippen LogP) is 3.97. The van der Waals surface area contributed by atoms with Crippen molar-refractivity contribution in [2.75, 3.05) is 5.32 Å². The lowest BCUT2D eigenvalue weighted by Crippen LogP contribution is -2.03. The molecule has 2 aromatic carbocycles. The van der Waals surface area contributed by atoms with Crippen LogP contribution in [0, 0.1) is 5.82 Å². The molecule has 2 nitrogen and oxygen atoms in total. The van der Waals surface area contributed by atoms with E-state index in [1.54, 1.807) is 24.3 Å². The first-order chi connectivity index (χ1) is 9.13. The molecule has 0 radical (unpaired) electrons. The van der Waals surface area contributed by atoms with E-state index in [9.17, 15) is 9.18 Å². The van der Waals surface area contributed by atoms with Crippen LogP contribution >= 0.6 is 11.6 Å². The van der Waals surface area contributed by atoms with Crippen molar-refractivity contribution in [3.8, 4) is 0 Å². The monoisotopic (exact) mass is 273 g/mol. The zero-order valence-corrected chi connectivity index (χ0v) is 10.5. The summed E-state index contributed by atoms with van der Waals surface area (Å²) in [5.74, 6) is -0.608. The van der Waals surface area contributed by atoms with Gasteiger partial charge in [-0.15, -0.1) is 0 Å². The molecule has 1 amide bonds. The number of hydrogen-bond acceptors (Lipinski definition) is 1. The largest absolute Gasteiger partial charge is 0.321 e. The Morgan fingerprint density at radius 1 is 1.16 bits per heavy atom. The van der Waals surface area contributed by atoms with Gasteiger partial charge in [0.05, 0.1) is 5.69 Å². The minimum Gasteiger partial charge on any atom is -0.321 e. The van der Waals surface area contributed by atoms with Crippen molar-refractivity contribution in [2.45, 2.75) is 0 Å². The third kappa shape index (κ3) is 2.25. The molecule has 1 aliphatic rings. The summed E-state index contributed by atoms with van der Waals surface area (Å²) < 4.78 is 13.1. The first-order valence-electron chi connectivity index (χ1n) is 5.72. The maximum atomic E-state index is 13.1. The number of hydrogen-bond donors (Lipinski definition) is 1. The first-order valence-corrected chi connectivity index (χ1v) is 6.10. The average molecular weight is 274 g/mol. The summed E-state index contributed by atoms with van der Waals surface area (Å²) >= 11 is 5.91. The van der Waals surface area contributed by atoms with Crippen molar-refractivity contribution >= 4 is 34.8 Å². The Labute approximate surface area is 114 Å². The summed E-state index contributed by atoms with van der Waals surface area (Å²) in [7, 11) is 0. The molecule has 0 unspecified atom stereocenters. The van der Waals surface area contributed by atoms with Gasteiger partial charge in [-0.25, -0.2) is 4.39 Å². The smallest absolute Gasteiger partial charge is 0.256 e. The highest BCUT2D eigenvalue weighted by molar-refractivity contribution is 6.35. The molecule has 1 heterocycles. The summed E-state index contributed by atoms with van der Waals surface area (Å²) in [6.45, 7) is 0. The van der Waals surface area contributed by atoms with Crippen LogP contribution < -0.4 is 5.32 Å². The van der Waals surface area contributed by atoms with E-state index in [1.165, 1.54) is 12.1 Å². The number of halogens is 2. The molecule has 0 aromatic heterocycles. The van der Waals surface area contributed by atoms with Crippen molar-refractivity contribution in [2.24, 2.45) is 0 Å². The second-order valence-corrected chi connectivity index (χ2v) is 4.69. The number of carbonyl (C=O) groups excluding carboxylic acids is 1. The third-order valence-electron chi connectivity index (χ3n) is 2.92. The Morgan fingerprint density at radius 2 is 2.00 bits per heavy atom. The normalized spacial score (nSPS) is 15.5. The molecule has 3 rings (SSSR count). The zero-order chi connectivity index (χ0) is 13.4. The number of nitrogens with one attached hydrogen (secondary N) is 1. The van der Waals surface area contributed by atoms with Crippen LogP contribution in [-0.2, 0) is 4.79 Å². The van der Waals surface area contributed by atoms with E-state index in [0.29, 0.717) is 21.8 Å². The Morgan fingerprint density at radius 3 is 2.79 bits per heavy atom.